The van der Waals surface area contributed by atoms with Crippen LogP contribution in [0.3, 0.4) is 0 Å². The van der Waals surface area contributed by atoms with E-state index in [1.165, 1.54) is 6.92 Å². The molecule has 0 saturated carbocycles. The molecule has 0 aromatic heterocycles. The van der Waals surface area contributed by atoms with Crippen LogP contribution in [-0.2, 0) is 9.53 Å². The molecule has 0 aliphatic carbocycles. The zero-order chi connectivity index (χ0) is 10.5. The first-order chi connectivity index (χ1) is 5.99. The number of nitro groups is 1. The molecule has 0 radical (unpaired) electrons. The van der Waals surface area contributed by atoms with Crippen molar-refractivity contribution in [1.29, 1.82) is 0 Å². The number of hydrogen-bond acceptors (Lipinski definition) is 4. The number of ether oxygens (including phenoxy) is 1. The summed E-state index contributed by atoms with van der Waals surface area (Å²) in [5.41, 5.74) is 0. The fourth-order valence-electron chi connectivity index (χ4n) is 0.841. The first-order valence-corrected chi connectivity index (χ1v) is 3.99. The molecule has 5 nitrogen and oxygen atoms in total. The number of carbonyl (C=O) groups excluding carboxylic acids is 1. The number of rotatable bonds is 5. The average molecular weight is 193 g/mol. The Labute approximate surface area is 75.0 Å². The van der Waals surface area contributed by atoms with Gasteiger partial charge in [0, 0.05) is 0 Å². The van der Waals surface area contributed by atoms with Crippen molar-refractivity contribution in [3.8, 4) is 0 Å². The molecule has 0 aliphatic heterocycles. The normalized spacial score (nSPS) is 14.7. The molecule has 0 aliphatic rings. The maximum Gasteiger partial charge on any atom is 0.454 e. The van der Waals surface area contributed by atoms with Gasteiger partial charge in [0.05, 0.1) is 18.0 Å². The smallest absolute Gasteiger partial charge is 0.454 e. The Morgan fingerprint density at radius 1 is 1.62 bits per heavy atom. The summed E-state index contributed by atoms with van der Waals surface area (Å²) in [4.78, 5) is 19.9. The molecule has 0 heterocycles. The zero-order valence-corrected chi connectivity index (χ0v) is 7.58. The van der Waals surface area contributed by atoms with Gasteiger partial charge in [-0.05, 0) is 13.3 Å². The SMILES string of the molecule is CCCC(F)(C(=O)OCC)[N+](=O)[O-]. The highest BCUT2D eigenvalue weighted by Crippen LogP contribution is 2.20. The third kappa shape index (κ3) is 2.64. The van der Waals surface area contributed by atoms with Crippen molar-refractivity contribution in [2.45, 2.75) is 32.5 Å². The standard InChI is InChI=1S/C7H12FNO4/c1-3-5-7(8,9(11)12)6(10)13-4-2/h3-5H2,1-2H3. The van der Waals surface area contributed by atoms with Gasteiger partial charge in [-0.15, -0.1) is 0 Å². The van der Waals surface area contributed by atoms with Crippen molar-refractivity contribution >= 4 is 5.97 Å². The summed E-state index contributed by atoms with van der Waals surface area (Å²) in [6, 6.07) is 0. The molecule has 0 saturated heterocycles. The van der Waals surface area contributed by atoms with E-state index in [9.17, 15) is 19.3 Å². The van der Waals surface area contributed by atoms with E-state index >= 15 is 0 Å². The summed E-state index contributed by atoms with van der Waals surface area (Å²) in [6.07, 6.45) is -0.255. The highest BCUT2D eigenvalue weighted by atomic mass is 19.1. The summed E-state index contributed by atoms with van der Waals surface area (Å²) in [5, 5.41) is 10.3. The number of esters is 1. The van der Waals surface area contributed by atoms with E-state index in [-0.39, 0.29) is 13.0 Å². The van der Waals surface area contributed by atoms with Crippen molar-refractivity contribution < 1.29 is 18.8 Å². The summed E-state index contributed by atoms with van der Waals surface area (Å²) in [5.74, 6) is -4.49. The summed E-state index contributed by atoms with van der Waals surface area (Å²) < 4.78 is 17.6. The molecule has 6 heteroatoms. The second kappa shape index (κ2) is 4.74. The Kier molecular flexibility index (Phi) is 4.30. The Morgan fingerprint density at radius 3 is 2.46 bits per heavy atom. The molecule has 0 N–H and O–H groups in total. The topological polar surface area (TPSA) is 69.4 Å². The van der Waals surface area contributed by atoms with E-state index < -0.39 is 23.1 Å². The largest absolute Gasteiger partial charge is 0.458 e. The lowest BCUT2D eigenvalue weighted by Gasteiger charge is -2.13. The quantitative estimate of drug-likeness (QED) is 0.285. The monoisotopic (exact) mass is 193 g/mol. The van der Waals surface area contributed by atoms with E-state index in [0.29, 0.717) is 0 Å². The number of hydrogen-bond donors (Lipinski definition) is 0. The third-order valence-corrected chi connectivity index (χ3v) is 1.46. The van der Waals surface area contributed by atoms with Crippen LogP contribution in [0.4, 0.5) is 4.39 Å². The molecule has 0 bridgehead atoms. The summed E-state index contributed by atoms with van der Waals surface area (Å²) >= 11 is 0. The number of nitrogens with zero attached hydrogens (tertiary/aromatic N) is 1. The van der Waals surface area contributed by atoms with Gasteiger partial charge in [-0.3, -0.25) is 10.1 Å². The van der Waals surface area contributed by atoms with Gasteiger partial charge in [0.1, 0.15) is 0 Å². The molecule has 0 fully saturated rings. The predicted octanol–water partition coefficient (Wildman–Crippen LogP) is 1.29. The van der Waals surface area contributed by atoms with E-state index in [2.05, 4.69) is 4.74 Å². The summed E-state index contributed by atoms with van der Waals surface area (Å²) in [6.45, 7) is 2.95. The van der Waals surface area contributed by atoms with E-state index in [4.69, 9.17) is 0 Å². The fourth-order valence-corrected chi connectivity index (χ4v) is 0.841. The average Bonchev–Trinajstić information content (AvgIpc) is 2.04. The van der Waals surface area contributed by atoms with Gasteiger partial charge >= 0.3 is 11.8 Å². The molecule has 0 aromatic rings. The molecule has 1 atom stereocenters. The summed E-state index contributed by atoms with van der Waals surface area (Å²) in [7, 11) is 0. The third-order valence-electron chi connectivity index (χ3n) is 1.46. The van der Waals surface area contributed by atoms with Gasteiger partial charge in [-0.1, -0.05) is 6.92 Å². The van der Waals surface area contributed by atoms with Crippen molar-refractivity contribution in [2.24, 2.45) is 0 Å². The highest BCUT2D eigenvalue weighted by molar-refractivity contribution is 5.77. The van der Waals surface area contributed by atoms with Crippen LogP contribution in [0.15, 0.2) is 0 Å². The minimum absolute atomic E-state index is 0.0674. The molecule has 0 amide bonds. The maximum atomic E-state index is 13.3. The maximum absolute atomic E-state index is 13.3. The van der Waals surface area contributed by atoms with Crippen LogP contribution in [0.25, 0.3) is 0 Å². The Hall–Kier alpha value is -1.20. The lowest BCUT2D eigenvalue weighted by atomic mass is 10.1. The van der Waals surface area contributed by atoms with Crippen LogP contribution in [0, 0.1) is 10.1 Å². The number of alkyl halides is 1. The van der Waals surface area contributed by atoms with Gasteiger partial charge in [0.25, 0.3) is 0 Å². The van der Waals surface area contributed by atoms with Crippen LogP contribution in [0.2, 0.25) is 0 Å². The van der Waals surface area contributed by atoms with Crippen LogP contribution in [0.1, 0.15) is 26.7 Å². The Morgan fingerprint density at radius 2 is 2.15 bits per heavy atom. The number of carbonyl (C=O) groups is 1. The van der Waals surface area contributed by atoms with Crippen molar-refractivity contribution in [1.82, 2.24) is 0 Å². The minimum atomic E-state index is -3.08. The van der Waals surface area contributed by atoms with Crippen LogP contribution >= 0.6 is 0 Å². The molecule has 1 unspecified atom stereocenters. The van der Waals surface area contributed by atoms with Gasteiger partial charge < -0.3 is 4.74 Å². The second-order valence-corrected chi connectivity index (χ2v) is 2.49. The minimum Gasteiger partial charge on any atom is -0.458 e. The highest BCUT2D eigenvalue weighted by Gasteiger charge is 2.52. The second-order valence-electron chi connectivity index (χ2n) is 2.49. The first kappa shape index (κ1) is 11.8. The van der Waals surface area contributed by atoms with Gasteiger partial charge in [-0.25, -0.2) is 4.79 Å². The van der Waals surface area contributed by atoms with Crippen LogP contribution < -0.4 is 0 Å². The van der Waals surface area contributed by atoms with E-state index in [1.54, 1.807) is 6.92 Å². The predicted molar refractivity (Wildman–Crippen MR) is 42.4 cm³/mol. The van der Waals surface area contributed by atoms with Crippen LogP contribution in [0.5, 0.6) is 0 Å². The zero-order valence-electron chi connectivity index (χ0n) is 7.58. The fraction of sp³-hybridized carbons (Fsp3) is 0.857. The van der Waals surface area contributed by atoms with Gasteiger partial charge in [0.15, 0.2) is 0 Å². The molecule has 0 rings (SSSR count). The van der Waals surface area contributed by atoms with Crippen molar-refractivity contribution in [3.05, 3.63) is 10.1 Å². The Bertz CT molecular complexity index is 209. The molecular weight excluding hydrogens is 181 g/mol. The lowest BCUT2D eigenvalue weighted by molar-refractivity contribution is -0.590. The van der Waals surface area contributed by atoms with Crippen LogP contribution in [-0.4, -0.2) is 23.3 Å². The molecule has 0 spiro atoms. The van der Waals surface area contributed by atoms with E-state index in [0.717, 1.165) is 0 Å². The van der Waals surface area contributed by atoms with Gasteiger partial charge in [0.2, 0.25) is 0 Å². The van der Waals surface area contributed by atoms with Crippen molar-refractivity contribution in [2.75, 3.05) is 6.61 Å². The first-order valence-electron chi connectivity index (χ1n) is 3.99. The molecule has 0 aromatic carbocycles. The van der Waals surface area contributed by atoms with Gasteiger partial charge in [-0.2, -0.15) is 4.39 Å². The number of halogens is 1. The molecule has 13 heavy (non-hydrogen) atoms. The van der Waals surface area contributed by atoms with Crippen molar-refractivity contribution in [3.63, 3.8) is 0 Å². The lowest BCUT2D eigenvalue weighted by Crippen LogP contribution is -2.43. The molecule has 76 valence electrons. The van der Waals surface area contributed by atoms with E-state index in [1.807, 2.05) is 0 Å². The molecular formula is C7H12FNO4. The Balaban J connectivity index is 4.57.